The Morgan fingerprint density at radius 2 is 2.10 bits per heavy atom. The molecular formula is C22H28FIN4O2. The number of guanidine groups is 1. The maximum atomic E-state index is 13.0. The van der Waals surface area contributed by atoms with Crippen LogP contribution in [-0.2, 0) is 11.3 Å². The number of nitrogens with one attached hydrogen (secondary N) is 1. The highest BCUT2D eigenvalue weighted by Gasteiger charge is 2.42. The first kappa shape index (κ1) is 22.7. The maximum Gasteiger partial charge on any atom is 0.219 e. The Morgan fingerprint density at radius 3 is 2.77 bits per heavy atom. The number of hydrogen-bond acceptors (Lipinski definition) is 4. The number of halogens is 2. The lowest BCUT2D eigenvalue weighted by Gasteiger charge is -2.25. The molecular weight excluding hydrogens is 498 g/mol. The molecule has 1 N–H and O–H groups in total. The van der Waals surface area contributed by atoms with E-state index in [1.165, 1.54) is 12.1 Å². The largest absolute Gasteiger partial charge is 0.439 e. The second-order valence-electron chi connectivity index (χ2n) is 7.70. The number of aromatic nitrogens is 1. The van der Waals surface area contributed by atoms with Gasteiger partial charge in [0.2, 0.25) is 5.88 Å². The quantitative estimate of drug-likeness (QED) is 0.360. The Hall–Kier alpha value is -1.94. The van der Waals surface area contributed by atoms with Gasteiger partial charge in [-0.1, -0.05) is 6.07 Å². The molecule has 2 fully saturated rings. The van der Waals surface area contributed by atoms with Gasteiger partial charge in [-0.25, -0.2) is 14.4 Å². The van der Waals surface area contributed by atoms with Crippen LogP contribution in [-0.4, -0.2) is 48.7 Å². The SMILES string of the molecule is CCNC(=NCc1ccc(Oc2ccc(F)cc2)nc1)N1CCC2(CCOC2)C1.I. The summed E-state index contributed by atoms with van der Waals surface area (Å²) in [5.74, 6) is 1.68. The number of likely N-dealkylation sites (tertiary alicyclic amines) is 1. The number of ether oxygens (including phenoxy) is 2. The zero-order valence-electron chi connectivity index (χ0n) is 17.1. The van der Waals surface area contributed by atoms with E-state index in [1.807, 2.05) is 12.1 Å². The molecule has 2 aliphatic rings. The minimum Gasteiger partial charge on any atom is -0.439 e. The topological polar surface area (TPSA) is 59.0 Å². The lowest BCUT2D eigenvalue weighted by Crippen LogP contribution is -2.41. The van der Waals surface area contributed by atoms with Gasteiger partial charge >= 0.3 is 0 Å². The Balaban J connectivity index is 0.00000256. The maximum absolute atomic E-state index is 13.0. The summed E-state index contributed by atoms with van der Waals surface area (Å²) in [6.45, 7) is 7.22. The molecule has 1 atom stereocenters. The van der Waals surface area contributed by atoms with Gasteiger partial charge in [0.1, 0.15) is 11.6 Å². The normalized spacial score (nSPS) is 21.0. The van der Waals surface area contributed by atoms with Gasteiger partial charge in [0.15, 0.2) is 5.96 Å². The van der Waals surface area contributed by atoms with Crippen LogP contribution in [0.5, 0.6) is 11.6 Å². The van der Waals surface area contributed by atoms with Crippen molar-refractivity contribution in [2.75, 3.05) is 32.8 Å². The molecule has 1 spiro atoms. The third-order valence-corrected chi connectivity index (χ3v) is 5.50. The third-order valence-electron chi connectivity index (χ3n) is 5.50. The number of pyridine rings is 1. The molecule has 6 nitrogen and oxygen atoms in total. The van der Waals surface area contributed by atoms with Crippen LogP contribution in [0.1, 0.15) is 25.3 Å². The summed E-state index contributed by atoms with van der Waals surface area (Å²) in [5, 5.41) is 3.41. The summed E-state index contributed by atoms with van der Waals surface area (Å²) in [5.41, 5.74) is 1.31. The molecule has 0 aliphatic carbocycles. The van der Waals surface area contributed by atoms with Crippen LogP contribution in [0.4, 0.5) is 4.39 Å². The summed E-state index contributed by atoms with van der Waals surface area (Å²) in [6.07, 6.45) is 4.07. The predicted molar refractivity (Wildman–Crippen MR) is 125 cm³/mol. The first-order valence-electron chi connectivity index (χ1n) is 10.2. The van der Waals surface area contributed by atoms with Crippen molar-refractivity contribution in [2.24, 2.45) is 10.4 Å². The molecule has 0 bridgehead atoms. The number of nitrogens with zero attached hydrogens (tertiary/aromatic N) is 3. The van der Waals surface area contributed by atoms with Gasteiger partial charge in [0.25, 0.3) is 0 Å². The van der Waals surface area contributed by atoms with E-state index in [-0.39, 0.29) is 29.8 Å². The molecule has 0 radical (unpaired) electrons. The van der Waals surface area contributed by atoms with E-state index in [9.17, 15) is 4.39 Å². The Bertz CT molecular complexity index is 839. The van der Waals surface area contributed by atoms with Gasteiger partial charge in [-0.05, 0) is 49.6 Å². The summed E-state index contributed by atoms with van der Waals surface area (Å²) < 4.78 is 24.3. The van der Waals surface area contributed by atoms with Crippen LogP contribution in [0.3, 0.4) is 0 Å². The fourth-order valence-electron chi connectivity index (χ4n) is 3.87. The van der Waals surface area contributed by atoms with Crippen LogP contribution < -0.4 is 10.1 Å². The molecule has 2 saturated heterocycles. The molecule has 1 aromatic heterocycles. The van der Waals surface area contributed by atoms with E-state index in [2.05, 4.69) is 22.1 Å². The van der Waals surface area contributed by atoms with E-state index in [0.29, 0.717) is 23.6 Å². The molecule has 162 valence electrons. The summed E-state index contributed by atoms with van der Waals surface area (Å²) in [7, 11) is 0. The first-order valence-corrected chi connectivity index (χ1v) is 10.2. The zero-order chi connectivity index (χ0) is 20.1. The van der Waals surface area contributed by atoms with Gasteiger partial charge in [-0.15, -0.1) is 24.0 Å². The average molecular weight is 526 g/mol. The highest BCUT2D eigenvalue weighted by Crippen LogP contribution is 2.38. The van der Waals surface area contributed by atoms with Gasteiger partial charge in [0.05, 0.1) is 13.2 Å². The second-order valence-corrected chi connectivity index (χ2v) is 7.70. The average Bonchev–Trinajstić information content (AvgIpc) is 3.38. The van der Waals surface area contributed by atoms with Gasteiger partial charge < -0.3 is 19.7 Å². The number of benzene rings is 1. The van der Waals surface area contributed by atoms with Crippen LogP contribution in [0.25, 0.3) is 0 Å². The number of aliphatic imine (C=N–C) groups is 1. The molecule has 1 aromatic carbocycles. The number of hydrogen-bond donors (Lipinski definition) is 1. The minimum atomic E-state index is -0.292. The fraction of sp³-hybridized carbons (Fsp3) is 0.455. The third kappa shape index (κ3) is 5.60. The predicted octanol–water partition coefficient (Wildman–Crippen LogP) is 4.21. The molecule has 2 aliphatic heterocycles. The van der Waals surface area contributed by atoms with Crippen molar-refractivity contribution in [1.29, 1.82) is 0 Å². The van der Waals surface area contributed by atoms with Crippen LogP contribution in [0, 0.1) is 11.2 Å². The van der Waals surface area contributed by atoms with E-state index in [4.69, 9.17) is 14.5 Å². The van der Waals surface area contributed by atoms with E-state index in [1.54, 1.807) is 18.3 Å². The van der Waals surface area contributed by atoms with Crippen molar-refractivity contribution in [3.8, 4) is 11.6 Å². The highest BCUT2D eigenvalue weighted by molar-refractivity contribution is 14.0. The monoisotopic (exact) mass is 526 g/mol. The molecule has 4 rings (SSSR count). The van der Waals surface area contributed by atoms with Crippen molar-refractivity contribution < 1.29 is 13.9 Å². The van der Waals surface area contributed by atoms with E-state index < -0.39 is 0 Å². The molecule has 0 amide bonds. The van der Waals surface area contributed by atoms with E-state index >= 15 is 0 Å². The van der Waals surface area contributed by atoms with Crippen molar-refractivity contribution in [1.82, 2.24) is 15.2 Å². The van der Waals surface area contributed by atoms with Crippen molar-refractivity contribution >= 4 is 29.9 Å². The van der Waals surface area contributed by atoms with Gasteiger partial charge in [0, 0.05) is 43.9 Å². The number of rotatable bonds is 5. The molecule has 0 saturated carbocycles. The van der Waals surface area contributed by atoms with E-state index in [0.717, 1.165) is 57.2 Å². The zero-order valence-corrected chi connectivity index (χ0v) is 19.5. The van der Waals surface area contributed by atoms with Crippen molar-refractivity contribution in [3.05, 3.63) is 54.0 Å². The smallest absolute Gasteiger partial charge is 0.219 e. The van der Waals surface area contributed by atoms with Crippen LogP contribution in [0.2, 0.25) is 0 Å². The minimum absolute atomic E-state index is 0. The van der Waals surface area contributed by atoms with Crippen molar-refractivity contribution in [2.45, 2.75) is 26.3 Å². The van der Waals surface area contributed by atoms with Crippen LogP contribution >= 0.6 is 24.0 Å². The van der Waals surface area contributed by atoms with Gasteiger partial charge in [-0.2, -0.15) is 0 Å². The molecule has 3 heterocycles. The lowest BCUT2D eigenvalue weighted by atomic mass is 9.87. The van der Waals surface area contributed by atoms with Gasteiger partial charge in [-0.3, -0.25) is 0 Å². The van der Waals surface area contributed by atoms with Crippen molar-refractivity contribution in [3.63, 3.8) is 0 Å². The summed E-state index contributed by atoms with van der Waals surface area (Å²) >= 11 is 0. The standard InChI is InChI=1S/C22H27FN4O2.HI/c1-2-24-21(27-11-9-22(15-27)10-12-28-16-22)26-14-17-3-8-20(25-13-17)29-19-6-4-18(23)5-7-19;/h3-8,13H,2,9-12,14-16H2,1H3,(H,24,26);1H. The fourth-order valence-corrected chi connectivity index (χ4v) is 3.87. The Kier molecular flexibility index (Phi) is 7.87. The molecule has 8 heteroatoms. The lowest BCUT2D eigenvalue weighted by molar-refractivity contribution is 0.156. The first-order chi connectivity index (χ1) is 14.2. The molecule has 30 heavy (non-hydrogen) atoms. The highest BCUT2D eigenvalue weighted by atomic mass is 127. The summed E-state index contributed by atoms with van der Waals surface area (Å²) in [6, 6.07) is 9.64. The van der Waals surface area contributed by atoms with Crippen LogP contribution in [0.15, 0.2) is 47.6 Å². The summed E-state index contributed by atoms with van der Waals surface area (Å²) in [4.78, 5) is 11.5. The molecule has 1 unspecified atom stereocenters. The Morgan fingerprint density at radius 1 is 1.27 bits per heavy atom. The Labute approximate surface area is 193 Å². The second kappa shape index (κ2) is 10.4. The molecule has 2 aromatic rings.